The Morgan fingerprint density at radius 2 is 1.73 bits per heavy atom. The Morgan fingerprint density at radius 3 is 2.46 bits per heavy atom. The summed E-state index contributed by atoms with van der Waals surface area (Å²) in [5, 5.41) is 4.67. The number of aryl methyl sites for hydroxylation is 4. The third-order valence-electron chi connectivity index (χ3n) is 5.57. The number of anilines is 1. The van der Waals surface area contributed by atoms with Crippen LogP contribution in [0, 0.1) is 19.8 Å². The molecule has 0 saturated carbocycles. The number of hydrogen-bond donors (Lipinski definition) is 0. The zero-order valence-corrected chi connectivity index (χ0v) is 15.7. The SMILES string of the molecule is Cc1cc(C)nc(N2CCC(Cn3nc4c(cc3=O)CCCC4)CC2)n1. The Labute approximate surface area is 154 Å². The van der Waals surface area contributed by atoms with Crippen molar-refractivity contribution < 1.29 is 0 Å². The van der Waals surface area contributed by atoms with Crippen LogP contribution in [0.25, 0.3) is 0 Å². The van der Waals surface area contributed by atoms with Crippen LogP contribution < -0.4 is 10.5 Å². The maximum Gasteiger partial charge on any atom is 0.267 e. The van der Waals surface area contributed by atoms with Crippen molar-refractivity contribution in [2.45, 2.75) is 58.9 Å². The van der Waals surface area contributed by atoms with E-state index in [4.69, 9.17) is 0 Å². The van der Waals surface area contributed by atoms with E-state index in [1.165, 1.54) is 18.4 Å². The van der Waals surface area contributed by atoms with E-state index >= 15 is 0 Å². The lowest BCUT2D eigenvalue weighted by Crippen LogP contribution is -2.38. The molecular formula is C20H27N5O. The van der Waals surface area contributed by atoms with Gasteiger partial charge in [-0.25, -0.2) is 14.6 Å². The molecule has 2 aliphatic rings. The Kier molecular flexibility index (Phi) is 4.74. The third-order valence-corrected chi connectivity index (χ3v) is 5.57. The zero-order valence-electron chi connectivity index (χ0n) is 15.7. The first-order valence-electron chi connectivity index (χ1n) is 9.75. The molecule has 26 heavy (non-hydrogen) atoms. The van der Waals surface area contributed by atoms with Gasteiger partial charge in [-0.1, -0.05) is 0 Å². The number of nitrogens with zero attached hydrogens (tertiary/aromatic N) is 5. The third kappa shape index (κ3) is 3.64. The van der Waals surface area contributed by atoms with Gasteiger partial charge in [-0.15, -0.1) is 0 Å². The van der Waals surface area contributed by atoms with Crippen LogP contribution in [-0.2, 0) is 19.4 Å². The summed E-state index contributed by atoms with van der Waals surface area (Å²) in [4.78, 5) is 23.8. The van der Waals surface area contributed by atoms with Gasteiger partial charge >= 0.3 is 0 Å². The lowest BCUT2D eigenvalue weighted by atomic mass is 9.96. The fourth-order valence-corrected chi connectivity index (χ4v) is 4.14. The van der Waals surface area contributed by atoms with Gasteiger partial charge in [-0.2, -0.15) is 5.10 Å². The second kappa shape index (κ2) is 7.17. The number of rotatable bonds is 3. The van der Waals surface area contributed by atoms with E-state index in [0.29, 0.717) is 5.92 Å². The number of aromatic nitrogens is 4. The van der Waals surface area contributed by atoms with Crippen LogP contribution in [0.4, 0.5) is 5.95 Å². The van der Waals surface area contributed by atoms with Crippen LogP contribution in [0.2, 0.25) is 0 Å². The van der Waals surface area contributed by atoms with Gasteiger partial charge in [-0.05, 0) is 69.9 Å². The van der Waals surface area contributed by atoms with Gasteiger partial charge in [-0.3, -0.25) is 4.79 Å². The molecule has 0 bridgehead atoms. The number of hydrogen-bond acceptors (Lipinski definition) is 5. The minimum Gasteiger partial charge on any atom is -0.341 e. The van der Waals surface area contributed by atoms with Gasteiger partial charge in [0, 0.05) is 37.1 Å². The Morgan fingerprint density at radius 1 is 1.04 bits per heavy atom. The van der Waals surface area contributed by atoms with E-state index in [-0.39, 0.29) is 5.56 Å². The predicted molar refractivity (Wildman–Crippen MR) is 102 cm³/mol. The van der Waals surface area contributed by atoms with Gasteiger partial charge in [0.1, 0.15) is 0 Å². The van der Waals surface area contributed by atoms with Crippen molar-refractivity contribution >= 4 is 5.95 Å². The largest absolute Gasteiger partial charge is 0.341 e. The monoisotopic (exact) mass is 353 g/mol. The van der Waals surface area contributed by atoms with E-state index in [1.807, 2.05) is 26.0 Å². The lowest BCUT2D eigenvalue weighted by molar-refractivity contribution is 0.330. The molecule has 1 fully saturated rings. The van der Waals surface area contributed by atoms with Gasteiger partial charge in [0.2, 0.25) is 5.95 Å². The Bertz CT molecular complexity index is 832. The fraction of sp³-hybridized carbons (Fsp3) is 0.600. The molecule has 2 aromatic rings. The summed E-state index contributed by atoms with van der Waals surface area (Å²) in [5.41, 5.74) is 4.39. The molecule has 138 valence electrons. The fourth-order valence-electron chi connectivity index (χ4n) is 4.14. The second-order valence-electron chi connectivity index (χ2n) is 7.72. The highest BCUT2D eigenvalue weighted by molar-refractivity contribution is 5.32. The van der Waals surface area contributed by atoms with E-state index in [9.17, 15) is 4.79 Å². The quantitative estimate of drug-likeness (QED) is 0.848. The number of fused-ring (bicyclic) bond motifs is 1. The molecule has 2 aromatic heterocycles. The summed E-state index contributed by atoms with van der Waals surface area (Å²) in [6.45, 7) is 6.63. The molecule has 0 amide bonds. The van der Waals surface area contributed by atoms with Crippen molar-refractivity contribution in [2.24, 2.45) is 5.92 Å². The summed E-state index contributed by atoms with van der Waals surface area (Å²) in [5.74, 6) is 1.33. The first kappa shape index (κ1) is 17.2. The summed E-state index contributed by atoms with van der Waals surface area (Å²) in [7, 11) is 0. The van der Waals surface area contributed by atoms with Crippen LogP contribution in [0.1, 0.15) is 48.3 Å². The van der Waals surface area contributed by atoms with Crippen molar-refractivity contribution in [2.75, 3.05) is 18.0 Å². The maximum atomic E-state index is 12.4. The normalized spacial score (nSPS) is 18.0. The predicted octanol–water partition coefficient (Wildman–Crippen LogP) is 2.45. The van der Waals surface area contributed by atoms with Gasteiger partial charge in [0.25, 0.3) is 5.56 Å². The van der Waals surface area contributed by atoms with Crippen LogP contribution in [0.3, 0.4) is 0 Å². The minimum atomic E-state index is 0.0609. The van der Waals surface area contributed by atoms with Crippen molar-refractivity contribution in [1.82, 2.24) is 19.7 Å². The molecule has 0 radical (unpaired) electrons. The highest BCUT2D eigenvalue weighted by atomic mass is 16.1. The van der Waals surface area contributed by atoms with Crippen molar-refractivity contribution in [1.29, 1.82) is 0 Å². The molecular weight excluding hydrogens is 326 g/mol. The Hall–Kier alpha value is -2.24. The van der Waals surface area contributed by atoms with E-state index in [1.54, 1.807) is 4.68 Å². The van der Waals surface area contributed by atoms with Gasteiger partial charge < -0.3 is 4.90 Å². The second-order valence-corrected chi connectivity index (χ2v) is 7.72. The van der Waals surface area contributed by atoms with Crippen LogP contribution in [0.15, 0.2) is 16.9 Å². The summed E-state index contributed by atoms with van der Waals surface area (Å²) in [6, 6.07) is 3.82. The van der Waals surface area contributed by atoms with Crippen molar-refractivity contribution in [3.63, 3.8) is 0 Å². The first-order valence-corrected chi connectivity index (χ1v) is 9.75. The maximum absolute atomic E-state index is 12.4. The van der Waals surface area contributed by atoms with Crippen LogP contribution in [-0.4, -0.2) is 32.8 Å². The highest BCUT2D eigenvalue weighted by Gasteiger charge is 2.23. The molecule has 6 heteroatoms. The van der Waals surface area contributed by atoms with E-state index in [2.05, 4.69) is 20.0 Å². The summed E-state index contributed by atoms with van der Waals surface area (Å²) in [6.07, 6.45) is 6.47. The molecule has 1 aliphatic heterocycles. The molecule has 0 spiro atoms. The molecule has 0 unspecified atom stereocenters. The van der Waals surface area contributed by atoms with E-state index in [0.717, 1.165) is 68.3 Å². The minimum absolute atomic E-state index is 0.0609. The average molecular weight is 353 g/mol. The van der Waals surface area contributed by atoms with Gasteiger partial charge in [0.15, 0.2) is 0 Å². The standard InChI is InChI=1S/C20H27N5O/c1-14-11-15(2)22-20(21-14)24-9-7-16(8-10-24)13-25-19(26)12-17-5-3-4-6-18(17)23-25/h11-12,16H,3-10,13H2,1-2H3. The van der Waals surface area contributed by atoms with Crippen LogP contribution >= 0.6 is 0 Å². The molecule has 1 saturated heterocycles. The molecule has 0 atom stereocenters. The molecule has 4 rings (SSSR count). The lowest BCUT2D eigenvalue weighted by Gasteiger charge is -2.32. The highest BCUT2D eigenvalue weighted by Crippen LogP contribution is 2.23. The first-order chi connectivity index (χ1) is 12.6. The molecule has 6 nitrogen and oxygen atoms in total. The smallest absolute Gasteiger partial charge is 0.267 e. The van der Waals surface area contributed by atoms with E-state index < -0.39 is 0 Å². The van der Waals surface area contributed by atoms with Crippen molar-refractivity contribution in [3.05, 3.63) is 45.1 Å². The molecule has 0 aromatic carbocycles. The topological polar surface area (TPSA) is 63.9 Å². The zero-order chi connectivity index (χ0) is 18.1. The number of piperidine rings is 1. The molecule has 3 heterocycles. The summed E-state index contributed by atoms with van der Waals surface area (Å²) >= 11 is 0. The average Bonchev–Trinajstić information content (AvgIpc) is 2.62. The molecule has 1 aliphatic carbocycles. The molecule has 0 N–H and O–H groups in total. The van der Waals surface area contributed by atoms with Gasteiger partial charge in [0.05, 0.1) is 5.69 Å². The Balaban J connectivity index is 1.42. The summed E-state index contributed by atoms with van der Waals surface area (Å²) < 4.78 is 1.71. The van der Waals surface area contributed by atoms with Crippen LogP contribution in [0.5, 0.6) is 0 Å². The van der Waals surface area contributed by atoms with Crippen molar-refractivity contribution in [3.8, 4) is 0 Å².